The molecular weight excluding hydrogens is 444 g/mol. The van der Waals surface area contributed by atoms with Gasteiger partial charge in [0.25, 0.3) is 0 Å². The quantitative estimate of drug-likeness (QED) is 0.390. The Kier molecular flexibility index (Phi) is 10.3. The molecule has 1 aliphatic rings. The Bertz CT molecular complexity index is 409. The molecule has 0 aliphatic carbocycles. The number of aliphatic imine (C=N–C) groups is 1. The number of amides is 1. The molecule has 1 unspecified atom stereocenters. The molecule has 0 spiro atoms. The number of likely N-dealkylation sites (N-methyl/N-ethyl adjacent to an activating group) is 1. The van der Waals surface area contributed by atoms with E-state index in [1.54, 1.807) is 7.05 Å². The summed E-state index contributed by atoms with van der Waals surface area (Å²) < 4.78 is 36.8. The van der Waals surface area contributed by atoms with Gasteiger partial charge in [-0.1, -0.05) is 6.92 Å². The maximum absolute atomic E-state index is 12.3. The Balaban J connectivity index is 0.00000484. The normalized spacial score (nSPS) is 19.1. The minimum absolute atomic E-state index is 0. The second-order valence-electron chi connectivity index (χ2n) is 5.11. The summed E-state index contributed by atoms with van der Waals surface area (Å²) in [5, 5.41) is 3.37. The zero-order valence-electron chi connectivity index (χ0n) is 13.5. The monoisotopic (exact) mass is 468 g/mol. The summed E-state index contributed by atoms with van der Waals surface area (Å²) in [6, 6.07) is 0. The lowest BCUT2D eigenvalue weighted by Gasteiger charge is -2.34. The van der Waals surface area contributed by atoms with Gasteiger partial charge in [0.05, 0.1) is 6.54 Å². The van der Waals surface area contributed by atoms with Crippen LogP contribution in [0.3, 0.4) is 0 Å². The number of carbonyl (C=O) groups is 1. The molecule has 1 fully saturated rings. The molecule has 136 valence electrons. The van der Waals surface area contributed by atoms with E-state index < -0.39 is 18.6 Å². The highest BCUT2D eigenvalue weighted by Crippen LogP contribution is 2.21. The van der Waals surface area contributed by atoms with E-state index in [-0.39, 0.29) is 30.5 Å². The van der Waals surface area contributed by atoms with E-state index in [4.69, 9.17) is 0 Å². The van der Waals surface area contributed by atoms with Crippen LogP contribution in [-0.4, -0.2) is 79.1 Å². The van der Waals surface area contributed by atoms with Crippen LogP contribution in [0.25, 0.3) is 0 Å². The minimum Gasteiger partial charge on any atom is -0.347 e. The molecule has 0 bridgehead atoms. The van der Waals surface area contributed by atoms with Gasteiger partial charge in [0, 0.05) is 38.2 Å². The highest BCUT2D eigenvalue weighted by Gasteiger charge is 2.31. The lowest BCUT2D eigenvalue weighted by Crippen LogP contribution is -2.50. The van der Waals surface area contributed by atoms with Crippen molar-refractivity contribution in [2.45, 2.75) is 24.8 Å². The number of hydrogen-bond acceptors (Lipinski definition) is 3. The first kappa shape index (κ1) is 22.6. The third-order valence-electron chi connectivity index (χ3n) is 3.35. The largest absolute Gasteiger partial charge is 0.406 e. The van der Waals surface area contributed by atoms with Crippen LogP contribution in [0.15, 0.2) is 4.99 Å². The number of thioether (sulfide) groups is 1. The van der Waals surface area contributed by atoms with Gasteiger partial charge in [-0.25, -0.2) is 0 Å². The van der Waals surface area contributed by atoms with E-state index in [9.17, 15) is 18.0 Å². The van der Waals surface area contributed by atoms with E-state index in [1.807, 2.05) is 16.7 Å². The molecule has 0 radical (unpaired) electrons. The molecule has 5 nitrogen and oxygen atoms in total. The molecule has 0 aromatic heterocycles. The van der Waals surface area contributed by atoms with Crippen molar-refractivity contribution < 1.29 is 18.0 Å². The lowest BCUT2D eigenvalue weighted by atomic mass is 10.3. The molecule has 23 heavy (non-hydrogen) atoms. The molecule has 1 N–H and O–H groups in total. The van der Waals surface area contributed by atoms with Crippen LogP contribution in [0.5, 0.6) is 0 Å². The zero-order valence-corrected chi connectivity index (χ0v) is 16.7. The fourth-order valence-corrected chi connectivity index (χ4v) is 3.32. The van der Waals surface area contributed by atoms with Crippen LogP contribution in [0, 0.1) is 0 Å². The summed E-state index contributed by atoms with van der Waals surface area (Å²) in [6.45, 7) is 2.32. The summed E-state index contributed by atoms with van der Waals surface area (Å²) in [6.07, 6.45) is -3.34. The first-order valence-electron chi connectivity index (χ1n) is 7.14. The lowest BCUT2D eigenvalue weighted by molar-refractivity contribution is -0.157. The predicted molar refractivity (Wildman–Crippen MR) is 98.6 cm³/mol. The summed E-state index contributed by atoms with van der Waals surface area (Å²) in [5.74, 6) is 0.922. The molecule has 0 aromatic carbocycles. The van der Waals surface area contributed by atoms with E-state index in [1.165, 1.54) is 0 Å². The average molecular weight is 468 g/mol. The van der Waals surface area contributed by atoms with Gasteiger partial charge < -0.3 is 15.1 Å². The number of alkyl halides is 3. The number of hydrogen-bond donors (Lipinski definition) is 1. The number of carbonyl (C=O) groups excluding carboxylic acids is 1. The second-order valence-corrected chi connectivity index (χ2v) is 6.52. The Hall–Kier alpha value is -0.390. The molecule has 1 atom stereocenters. The van der Waals surface area contributed by atoms with Gasteiger partial charge in [-0.05, 0) is 6.42 Å². The maximum Gasteiger partial charge on any atom is 0.406 e. The van der Waals surface area contributed by atoms with Gasteiger partial charge in [0.1, 0.15) is 6.54 Å². The number of nitrogens with zero attached hydrogens (tertiary/aromatic N) is 3. The molecule has 1 amide bonds. The predicted octanol–water partition coefficient (Wildman–Crippen LogP) is 2.03. The molecule has 1 aliphatic heterocycles. The molecule has 0 saturated carbocycles. The van der Waals surface area contributed by atoms with E-state index in [0.717, 1.165) is 32.3 Å². The van der Waals surface area contributed by atoms with Crippen molar-refractivity contribution in [3.05, 3.63) is 0 Å². The van der Waals surface area contributed by atoms with Crippen LogP contribution >= 0.6 is 35.7 Å². The Labute approximate surface area is 156 Å². The number of rotatable bonds is 4. The average Bonchev–Trinajstić information content (AvgIpc) is 2.46. The van der Waals surface area contributed by atoms with E-state index >= 15 is 0 Å². The first-order valence-corrected chi connectivity index (χ1v) is 8.19. The summed E-state index contributed by atoms with van der Waals surface area (Å²) >= 11 is 1.91. The number of halogens is 4. The third-order valence-corrected chi connectivity index (χ3v) is 4.72. The highest BCUT2D eigenvalue weighted by atomic mass is 127. The van der Waals surface area contributed by atoms with Crippen LogP contribution in [0.1, 0.15) is 13.3 Å². The van der Waals surface area contributed by atoms with Crippen molar-refractivity contribution in [1.82, 2.24) is 15.1 Å². The van der Waals surface area contributed by atoms with Gasteiger partial charge >= 0.3 is 6.18 Å². The molecule has 1 heterocycles. The SMILES string of the molecule is CCC1CN(C(=NC)NCC(=O)N(C)CC(F)(F)F)CCS1.I. The van der Waals surface area contributed by atoms with E-state index in [2.05, 4.69) is 17.2 Å². The van der Waals surface area contributed by atoms with Gasteiger partial charge in [0.15, 0.2) is 5.96 Å². The smallest absolute Gasteiger partial charge is 0.347 e. The summed E-state index contributed by atoms with van der Waals surface area (Å²) in [7, 11) is 2.75. The highest BCUT2D eigenvalue weighted by molar-refractivity contribution is 14.0. The van der Waals surface area contributed by atoms with Crippen molar-refractivity contribution in [1.29, 1.82) is 0 Å². The van der Waals surface area contributed by atoms with Crippen molar-refractivity contribution in [2.75, 3.05) is 46.0 Å². The van der Waals surface area contributed by atoms with Crippen LogP contribution in [0.4, 0.5) is 13.2 Å². The van der Waals surface area contributed by atoms with Crippen molar-refractivity contribution in [3.63, 3.8) is 0 Å². The maximum atomic E-state index is 12.3. The fourth-order valence-electron chi connectivity index (χ4n) is 2.14. The Morgan fingerprint density at radius 2 is 2.13 bits per heavy atom. The first-order chi connectivity index (χ1) is 10.3. The molecule has 10 heteroatoms. The van der Waals surface area contributed by atoms with Crippen molar-refractivity contribution >= 4 is 47.6 Å². The minimum atomic E-state index is -4.38. The molecule has 1 saturated heterocycles. The number of nitrogens with one attached hydrogen (secondary N) is 1. The zero-order chi connectivity index (χ0) is 16.8. The summed E-state index contributed by atoms with van der Waals surface area (Å²) in [5.41, 5.74) is 0. The molecular formula is C13H24F3IN4OS. The van der Waals surface area contributed by atoms with Crippen LogP contribution in [0.2, 0.25) is 0 Å². The van der Waals surface area contributed by atoms with E-state index in [0.29, 0.717) is 16.1 Å². The van der Waals surface area contributed by atoms with Crippen molar-refractivity contribution in [2.24, 2.45) is 4.99 Å². The van der Waals surface area contributed by atoms with Gasteiger partial charge in [-0.2, -0.15) is 24.9 Å². The fraction of sp³-hybridized carbons (Fsp3) is 0.846. The topological polar surface area (TPSA) is 47.9 Å². The Morgan fingerprint density at radius 1 is 1.48 bits per heavy atom. The second kappa shape index (κ2) is 10.5. The van der Waals surface area contributed by atoms with Crippen LogP contribution < -0.4 is 5.32 Å². The molecule has 0 aromatic rings. The number of guanidine groups is 1. The van der Waals surface area contributed by atoms with Gasteiger partial charge in [-0.3, -0.25) is 9.79 Å². The standard InChI is InChI=1S/C13H23F3N4OS.HI/c1-4-10-8-20(5-6-22-10)12(17-2)18-7-11(21)19(3)9-13(14,15)16;/h10H,4-9H2,1-3H3,(H,17,18);1H. The van der Waals surface area contributed by atoms with Gasteiger partial charge in [0.2, 0.25) is 5.91 Å². The van der Waals surface area contributed by atoms with Crippen molar-refractivity contribution in [3.8, 4) is 0 Å². The van der Waals surface area contributed by atoms with Gasteiger partial charge in [-0.15, -0.1) is 24.0 Å². The summed E-state index contributed by atoms with van der Waals surface area (Å²) in [4.78, 5) is 18.6. The molecule has 1 rings (SSSR count). The third kappa shape index (κ3) is 8.32. The van der Waals surface area contributed by atoms with Crippen LogP contribution in [-0.2, 0) is 4.79 Å². The Morgan fingerprint density at radius 3 is 2.65 bits per heavy atom.